The van der Waals surface area contributed by atoms with Crippen LogP contribution in [0.5, 0.6) is 0 Å². The first-order chi connectivity index (χ1) is 9.69. The van der Waals surface area contributed by atoms with E-state index in [2.05, 4.69) is 20.7 Å². The molecule has 3 rings (SSSR count). The number of aromatic nitrogens is 3. The van der Waals surface area contributed by atoms with Gasteiger partial charge >= 0.3 is 0 Å². The number of hydrogen-bond acceptors (Lipinski definition) is 5. The monoisotopic (exact) mass is 292 g/mol. The molecule has 0 fully saturated rings. The zero-order chi connectivity index (χ0) is 14.1. The fourth-order valence-corrected chi connectivity index (χ4v) is 2.03. The second-order valence-corrected chi connectivity index (χ2v) is 4.41. The van der Waals surface area contributed by atoms with Crippen LogP contribution in [-0.4, -0.2) is 14.4 Å². The van der Waals surface area contributed by atoms with E-state index in [1.54, 1.807) is 29.1 Å². The van der Waals surface area contributed by atoms with Crippen LogP contribution in [-0.2, 0) is 0 Å². The number of halogens is 2. The summed E-state index contributed by atoms with van der Waals surface area (Å²) < 4.78 is 15.5. The van der Waals surface area contributed by atoms with Crippen molar-refractivity contribution in [2.45, 2.75) is 0 Å². The number of hydrogen-bond donors (Lipinski definition) is 3. The second kappa shape index (κ2) is 4.95. The van der Waals surface area contributed by atoms with Crippen LogP contribution in [0.1, 0.15) is 0 Å². The molecule has 8 heteroatoms. The highest BCUT2D eigenvalue weighted by Crippen LogP contribution is 2.29. The predicted molar refractivity (Wildman–Crippen MR) is 75.5 cm³/mol. The van der Waals surface area contributed by atoms with Crippen LogP contribution < -0.4 is 16.6 Å². The third kappa shape index (κ3) is 2.13. The molecule has 3 aromatic rings. The summed E-state index contributed by atoms with van der Waals surface area (Å²) in [6, 6.07) is 4.42. The minimum Gasteiger partial charge on any atom is -0.333 e. The number of rotatable bonds is 3. The Labute approximate surface area is 118 Å². The van der Waals surface area contributed by atoms with Gasteiger partial charge in [0.25, 0.3) is 0 Å². The van der Waals surface area contributed by atoms with Crippen LogP contribution in [0.3, 0.4) is 0 Å². The quantitative estimate of drug-likeness (QED) is 0.511. The van der Waals surface area contributed by atoms with Crippen LogP contribution >= 0.6 is 11.6 Å². The Morgan fingerprint density at radius 3 is 2.95 bits per heavy atom. The molecule has 0 aliphatic heterocycles. The number of nitrogens with one attached hydrogen (secondary N) is 2. The molecule has 102 valence electrons. The molecule has 0 saturated carbocycles. The molecule has 0 aliphatic carbocycles. The molecule has 20 heavy (non-hydrogen) atoms. The Hall–Kier alpha value is -2.38. The molecule has 1 aromatic carbocycles. The normalized spacial score (nSPS) is 10.8. The van der Waals surface area contributed by atoms with E-state index in [0.717, 1.165) is 0 Å². The van der Waals surface area contributed by atoms with Crippen molar-refractivity contribution in [3.8, 4) is 0 Å². The maximum Gasteiger partial charge on any atom is 0.180 e. The second-order valence-electron chi connectivity index (χ2n) is 4.00. The van der Waals surface area contributed by atoms with Gasteiger partial charge in [0.15, 0.2) is 17.3 Å². The van der Waals surface area contributed by atoms with Gasteiger partial charge in [0.1, 0.15) is 5.82 Å². The van der Waals surface area contributed by atoms with Gasteiger partial charge in [0, 0.05) is 12.4 Å². The smallest absolute Gasteiger partial charge is 0.180 e. The van der Waals surface area contributed by atoms with Crippen LogP contribution in [0.25, 0.3) is 5.65 Å². The van der Waals surface area contributed by atoms with E-state index in [1.165, 1.54) is 12.1 Å². The number of benzene rings is 1. The topological polar surface area (TPSA) is 80.3 Å². The fraction of sp³-hybridized carbons (Fsp3) is 0. The number of hydrazine groups is 1. The summed E-state index contributed by atoms with van der Waals surface area (Å²) in [7, 11) is 0. The van der Waals surface area contributed by atoms with Gasteiger partial charge in [-0.3, -0.25) is 0 Å². The number of anilines is 3. The Bertz CT molecular complexity index is 751. The minimum absolute atomic E-state index is 0.140. The average Bonchev–Trinajstić information content (AvgIpc) is 2.91. The molecule has 0 saturated heterocycles. The van der Waals surface area contributed by atoms with E-state index in [1.807, 2.05) is 0 Å². The van der Waals surface area contributed by atoms with Gasteiger partial charge in [-0.25, -0.2) is 20.2 Å². The lowest BCUT2D eigenvalue weighted by Crippen LogP contribution is -2.11. The molecule has 0 atom stereocenters. The fourth-order valence-electron chi connectivity index (χ4n) is 1.82. The minimum atomic E-state index is -0.477. The summed E-state index contributed by atoms with van der Waals surface area (Å²) >= 11 is 5.98. The van der Waals surface area contributed by atoms with E-state index in [9.17, 15) is 4.39 Å². The van der Waals surface area contributed by atoms with E-state index < -0.39 is 5.82 Å². The molecule has 6 nitrogen and oxygen atoms in total. The van der Waals surface area contributed by atoms with Crippen molar-refractivity contribution in [3.63, 3.8) is 0 Å². The Kier molecular flexibility index (Phi) is 3.13. The Morgan fingerprint density at radius 1 is 1.35 bits per heavy atom. The van der Waals surface area contributed by atoms with Crippen LogP contribution in [0.4, 0.5) is 21.7 Å². The van der Waals surface area contributed by atoms with Crippen molar-refractivity contribution in [1.29, 1.82) is 0 Å². The first kappa shape index (κ1) is 12.6. The number of para-hydroxylation sites is 1. The Balaban J connectivity index is 2.12. The lowest BCUT2D eigenvalue weighted by Gasteiger charge is -2.11. The predicted octanol–water partition coefficient (Wildman–Crippen LogP) is 2.55. The highest BCUT2D eigenvalue weighted by atomic mass is 35.5. The molecule has 4 N–H and O–H groups in total. The first-order valence-corrected chi connectivity index (χ1v) is 6.08. The molecule has 0 radical (unpaired) electrons. The maximum absolute atomic E-state index is 13.8. The molecule has 2 aromatic heterocycles. The van der Waals surface area contributed by atoms with Crippen molar-refractivity contribution >= 4 is 34.6 Å². The molecule has 0 aliphatic rings. The van der Waals surface area contributed by atoms with Crippen molar-refractivity contribution in [1.82, 2.24) is 14.4 Å². The van der Waals surface area contributed by atoms with Crippen molar-refractivity contribution in [3.05, 3.63) is 47.6 Å². The van der Waals surface area contributed by atoms with Gasteiger partial charge in [-0.05, 0) is 12.1 Å². The Morgan fingerprint density at radius 2 is 2.20 bits per heavy atom. The van der Waals surface area contributed by atoms with E-state index in [-0.39, 0.29) is 10.7 Å². The number of imidazole rings is 1. The molecule has 0 bridgehead atoms. The van der Waals surface area contributed by atoms with Gasteiger partial charge in [0.2, 0.25) is 0 Å². The standard InChI is InChI=1S/C12H10ClFN6/c13-7-2-1-3-8(14)10(7)18-11-12-16-4-5-20(12)6-9(17-11)19-15/h1-6,19H,15H2,(H,17,18). The number of nitrogens with two attached hydrogens (primary N) is 1. The number of fused-ring (bicyclic) bond motifs is 1. The lowest BCUT2D eigenvalue weighted by atomic mass is 10.3. The summed E-state index contributed by atoms with van der Waals surface area (Å²) in [6.45, 7) is 0. The number of nitrogen functional groups attached to an aromatic ring is 1. The lowest BCUT2D eigenvalue weighted by molar-refractivity contribution is 0.632. The first-order valence-electron chi connectivity index (χ1n) is 5.70. The zero-order valence-electron chi connectivity index (χ0n) is 10.1. The molecule has 0 spiro atoms. The molecule has 0 unspecified atom stereocenters. The van der Waals surface area contributed by atoms with Crippen molar-refractivity contribution < 1.29 is 4.39 Å². The highest BCUT2D eigenvalue weighted by molar-refractivity contribution is 6.33. The van der Waals surface area contributed by atoms with Gasteiger partial charge in [-0.1, -0.05) is 17.7 Å². The number of nitrogens with zero attached hydrogens (tertiary/aromatic N) is 3. The maximum atomic E-state index is 13.8. The van der Waals surface area contributed by atoms with Crippen molar-refractivity contribution in [2.75, 3.05) is 10.7 Å². The SMILES string of the molecule is NNc1cn2ccnc2c(Nc2c(F)cccc2Cl)n1. The molecular weight excluding hydrogens is 283 g/mol. The summed E-state index contributed by atoms with van der Waals surface area (Å²) in [5.74, 6) is 5.63. The molecular formula is C12H10ClFN6. The summed E-state index contributed by atoms with van der Waals surface area (Å²) in [4.78, 5) is 8.37. The van der Waals surface area contributed by atoms with Crippen LogP contribution in [0, 0.1) is 5.82 Å². The summed E-state index contributed by atoms with van der Waals surface area (Å²) in [5, 5.41) is 3.10. The van der Waals surface area contributed by atoms with Gasteiger partial charge in [-0.15, -0.1) is 0 Å². The van der Waals surface area contributed by atoms with Gasteiger partial charge in [-0.2, -0.15) is 0 Å². The van der Waals surface area contributed by atoms with Crippen molar-refractivity contribution in [2.24, 2.45) is 5.84 Å². The van der Waals surface area contributed by atoms with Crippen LogP contribution in [0.2, 0.25) is 5.02 Å². The van der Waals surface area contributed by atoms with E-state index in [4.69, 9.17) is 17.4 Å². The largest absolute Gasteiger partial charge is 0.333 e. The molecule has 0 amide bonds. The third-order valence-corrected chi connectivity index (χ3v) is 3.04. The van der Waals surface area contributed by atoms with E-state index >= 15 is 0 Å². The summed E-state index contributed by atoms with van der Waals surface area (Å²) in [6.07, 6.45) is 4.99. The molecule has 2 heterocycles. The highest BCUT2D eigenvalue weighted by Gasteiger charge is 2.12. The third-order valence-electron chi connectivity index (χ3n) is 2.73. The summed E-state index contributed by atoms with van der Waals surface area (Å²) in [5.41, 5.74) is 3.11. The zero-order valence-corrected chi connectivity index (χ0v) is 10.9. The van der Waals surface area contributed by atoms with Crippen LogP contribution in [0.15, 0.2) is 36.8 Å². The average molecular weight is 293 g/mol. The van der Waals surface area contributed by atoms with E-state index in [0.29, 0.717) is 17.3 Å². The van der Waals surface area contributed by atoms with Gasteiger partial charge in [0.05, 0.1) is 16.9 Å². The van der Waals surface area contributed by atoms with Gasteiger partial charge < -0.3 is 15.1 Å².